The number of nitrogens with one attached hydrogen (secondary N) is 2. The van der Waals surface area contributed by atoms with Gasteiger partial charge in [-0.25, -0.2) is 9.97 Å². The molecule has 1 saturated heterocycles. The van der Waals surface area contributed by atoms with Gasteiger partial charge in [0, 0.05) is 49.6 Å². The van der Waals surface area contributed by atoms with Crippen molar-refractivity contribution >= 4 is 5.82 Å². The molecule has 4 rings (SSSR count). The van der Waals surface area contributed by atoms with Crippen molar-refractivity contribution in [3.05, 3.63) is 35.8 Å². The lowest BCUT2D eigenvalue weighted by Crippen LogP contribution is -2.33. The monoisotopic (exact) mass is 339 g/mol. The van der Waals surface area contributed by atoms with Crippen molar-refractivity contribution < 1.29 is 4.74 Å². The van der Waals surface area contributed by atoms with E-state index >= 15 is 0 Å². The van der Waals surface area contributed by atoms with Crippen LogP contribution in [0.5, 0.6) is 0 Å². The molecule has 1 atom stereocenters. The van der Waals surface area contributed by atoms with Crippen LogP contribution in [0.4, 0.5) is 5.82 Å². The summed E-state index contributed by atoms with van der Waals surface area (Å²) in [6.07, 6.45) is 7.67. The van der Waals surface area contributed by atoms with Gasteiger partial charge in [0.2, 0.25) is 0 Å². The van der Waals surface area contributed by atoms with E-state index in [9.17, 15) is 0 Å². The standard InChI is InChI=1S/C19H25N5O/c1-19(7-2-12-25-19)13-22-18-15-5-10-21-11-6-16(15)23-17(24-18)14-3-8-20-9-4-14/h3-4,8-9,21H,2,5-7,10-13H2,1H3,(H,22,23,24)/t19-/m0/s1. The van der Waals surface area contributed by atoms with Crippen molar-refractivity contribution in [2.45, 2.75) is 38.2 Å². The van der Waals surface area contributed by atoms with Crippen molar-refractivity contribution in [3.63, 3.8) is 0 Å². The Morgan fingerprint density at radius 2 is 2.04 bits per heavy atom. The third-order valence-electron chi connectivity index (χ3n) is 5.05. The lowest BCUT2D eigenvalue weighted by Gasteiger charge is -2.25. The highest BCUT2D eigenvalue weighted by Gasteiger charge is 2.30. The van der Waals surface area contributed by atoms with Crippen LogP contribution in [-0.2, 0) is 17.6 Å². The van der Waals surface area contributed by atoms with Crippen LogP contribution in [-0.4, -0.2) is 46.8 Å². The van der Waals surface area contributed by atoms with Crippen LogP contribution in [0.15, 0.2) is 24.5 Å². The molecule has 4 heterocycles. The number of anilines is 1. The maximum atomic E-state index is 5.92. The fourth-order valence-electron chi connectivity index (χ4n) is 3.57. The summed E-state index contributed by atoms with van der Waals surface area (Å²) in [5.41, 5.74) is 3.29. The van der Waals surface area contributed by atoms with Crippen molar-refractivity contribution in [1.82, 2.24) is 20.3 Å². The van der Waals surface area contributed by atoms with E-state index in [4.69, 9.17) is 14.7 Å². The molecule has 2 aromatic heterocycles. The first kappa shape index (κ1) is 16.4. The van der Waals surface area contributed by atoms with Crippen molar-refractivity contribution in [2.24, 2.45) is 0 Å². The van der Waals surface area contributed by atoms with Crippen LogP contribution in [0.1, 0.15) is 31.0 Å². The lowest BCUT2D eigenvalue weighted by molar-refractivity contribution is 0.0314. The third kappa shape index (κ3) is 3.65. The predicted molar refractivity (Wildman–Crippen MR) is 97.6 cm³/mol. The maximum Gasteiger partial charge on any atom is 0.161 e. The van der Waals surface area contributed by atoms with Crippen molar-refractivity contribution in [1.29, 1.82) is 0 Å². The van der Waals surface area contributed by atoms with E-state index < -0.39 is 0 Å². The lowest BCUT2D eigenvalue weighted by atomic mass is 10.0. The van der Waals surface area contributed by atoms with Gasteiger partial charge in [0.15, 0.2) is 5.82 Å². The topological polar surface area (TPSA) is 72.0 Å². The summed E-state index contributed by atoms with van der Waals surface area (Å²) in [4.78, 5) is 13.8. The molecule has 132 valence electrons. The summed E-state index contributed by atoms with van der Waals surface area (Å²) in [7, 11) is 0. The minimum atomic E-state index is -0.0996. The molecule has 0 saturated carbocycles. The summed E-state index contributed by atoms with van der Waals surface area (Å²) in [5.74, 6) is 1.72. The van der Waals surface area contributed by atoms with Crippen molar-refractivity contribution in [3.8, 4) is 11.4 Å². The molecule has 0 bridgehead atoms. The summed E-state index contributed by atoms with van der Waals surface area (Å²) < 4.78 is 5.92. The summed E-state index contributed by atoms with van der Waals surface area (Å²) in [6, 6.07) is 3.92. The number of aromatic nitrogens is 3. The first-order chi connectivity index (χ1) is 12.2. The fraction of sp³-hybridized carbons (Fsp3) is 0.526. The van der Waals surface area contributed by atoms with E-state index in [1.54, 1.807) is 12.4 Å². The molecule has 1 fully saturated rings. The number of nitrogens with zero attached hydrogens (tertiary/aromatic N) is 3. The zero-order valence-electron chi connectivity index (χ0n) is 14.7. The van der Waals surface area contributed by atoms with Crippen LogP contribution in [0.3, 0.4) is 0 Å². The first-order valence-corrected chi connectivity index (χ1v) is 9.12. The Morgan fingerprint density at radius 3 is 2.84 bits per heavy atom. The highest BCUT2D eigenvalue weighted by molar-refractivity contribution is 5.59. The minimum Gasteiger partial charge on any atom is -0.373 e. The molecule has 2 aromatic rings. The summed E-state index contributed by atoms with van der Waals surface area (Å²) in [6.45, 7) is 5.73. The minimum absolute atomic E-state index is 0.0996. The average Bonchev–Trinajstić information content (AvgIpc) is 2.94. The number of ether oxygens (including phenoxy) is 1. The Balaban J connectivity index is 1.67. The fourth-order valence-corrected chi connectivity index (χ4v) is 3.57. The van der Waals surface area contributed by atoms with Gasteiger partial charge in [-0.1, -0.05) is 0 Å². The van der Waals surface area contributed by atoms with Crippen molar-refractivity contribution in [2.75, 3.05) is 31.6 Å². The molecular formula is C19H25N5O. The number of pyridine rings is 1. The van der Waals surface area contributed by atoms with Gasteiger partial charge >= 0.3 is 0 Å². The van der Waals surface area contributed by atoms with Crippen LogP contribution in [0.25, 0.3) is 11.4 Å². The van der Waals surface area contributed by atoms with Crippen LogP contribution < -0.4 is 10.6 Å². The molecule has 0 amide bonds. The van der Waals surface area contributed by atoms with E-state index in [1.807, 2.05) is 12.1 Å². The number of hydrogen-bond acceptors (Lipinski definition) is 6. The van der Waals surface area contributed by atoms with E-state index in [0.29, 0.717) is 0 Å². The molecule has 0 unspecified atom stereocenters. The molecule has 0 aromatic carbocycles. The molecule has 2 aliphatic heterocycles. The van der Waals surface area contributed by atoms with E-state index in [1.165, 1.54) is 5.56 Å². The second-order valence-corrected chi connectivity index (χ2v) is 7.06. The molecule has 25 heavy (non-hydrogen) atoms. The SMILES string of the molecule is C[C@@]1(CNc2nc(-c3ccncc3)nc3c2CCNCC3)CCCO1. The van der Waals surface area contributed by atoms with E-state index in [2.05, 4.69) is 22.5 Å². The quantitative estimate of drug-likeness (QED) is 0.890. The van der Waals surface area contributed by atoms with Gasteiger partial charge in [0.05, 0.1) is 11.3 Å². The van der Waals surface area contributed by atoms with Gasteiger partial charge in [-0.05, 0) is 44.9 Å². The Morgan fingerprint density at radius 1 is 1.20 bits per heavy atom. The second kappa shape index (κ2) is 7.06. The highest BCUT2D eigenvalue weighted by Crippen LogP contribution is 2.28. The van der Waals surface area contributed by atoms with Gasteiger partial charge in [-0.15, -0.1) is 0 Å². The Hall–Kier alpha value is -2.05. The van der Waals surface area contributed by atoms with Gasteiger partial charge in [-0.3, -0.25) is 4.98 Å². The van der Waals surface area contributed by atoms with E-state index in [-0.39, 0.29) is 5.60 Å². The smallest absolute Gasteiger partial charge is 0.161 e. The summed E-state index contributed by atoms with van der Waals surface area (Å²) >= 11 is 0. The zero-order valence-corrected chi connectivity index (χ0v) is 14.7. The van der Waals surface area contributed by atoms with Gasteiger partial charge in [0.1, 0.15) is 5.82 Å². The molecule has 0 spiro atoms. The Kier molecular flexibility index (Phi) is 4.63. The molecule has 2 N–H and O–H groups in total. The molecular weight excluding hydrogens is 314 g/mol. The maximum absolute atomic E-state index is 5.92. The number of rotatable bonds is 4. The largest absolute Gasteiger partial charge is 0.373 e. The molecule has 0 radical (unpaired) electrons. The first-order valence-electron chi connectivity index (χ1n) is 9.12. The van der Waals surface area contributed by atoms with Crippen LogP contribution >= 0.6 is 0 Å². The molecule has 2 aliphatic rings. The average molecular weight is 339 g/mol. The highest BCUT2D eigenvalue weighted by atomic mass is 16.5. The molecule has 6 nitrogen and oxygen atoms in total. The second-order valence-electron chi connectivity index (χ2n) is 7.06. The normalized spacial score (nSPS) is 23.1. The number of fused-ring (bicyclic) bond motifs is 1. The van der Waals surface area contributed by atoms with E-state index in [0.717, 1.165) is 74.8 Å². The van der Waals surface area contributed by atoms with Crippen LogP contribution in [0, 0.1) is 0 Å². The van der Waals surface area contributed by atoms with Gasteiger partial charge in [-0.2, -0.15) is 0 Å². The predicted octanol–water partition coefficient (Wildman–Crippen LogP) is 2.21. The molecule has 6 heteroatoms. The third-order valence-corrected chi connectivity index (χ3v) is 5.05. The van der Waals surface area contributed by atoms with Gasteiger partial charge in [0.25, 0.3) is 0 Å². The number of hydrogen-bond donors (Lipinski definition) is 2. The van der Waals surface area contributed by atoms with Crippen LogP contribution in [0.2, 0.25) is 0 Å². The summed E-state index contributed by atoms with van der Waals surface area (Å²) in [5, 5.41) is 7.03. The Labute approximate surface area is 148 Å². The zero-order chi connectivity index (χ0) is 17.1. The molecule has 0 aliphatic carbocycles. The Bertz CT molecular complexity index is 728. The van der Waals surface area contributed by atoms with Gasteiger partial charge < -0.3 is 15.4 Å².